The molecular formula is C22H26N4O5S. The predicted octanol–water partition coefficient (Wildman–Crippen LogP) is 2.65. The Balaban J connectivity index is 1.67. The molecule has 1 aliphatic heterocycles. The second-order valence-electron chi connectivity index (χ2n) is 8.06. The molecular weight excluding hydrogens is 432 g/mol. The monoisotopic (exact) mass is 458 g/mol. The molecule has 9 nitrogen and oxygen atoms in total. The third-order valence-electron chi connectivity index (χ3n) is 5.83. The minimum absolute atomic E-state index is 0.0123. The largest absolute Gasteiger partial charge is 0.481 e. The Kier molecular flexibility index (Phi) is 5.91. The van der Waals surface area contributed by atoms with Gasteiger partial charge in [0.05, 0.1) is 36.5 Å². The highest BCUT2D eigenvalue weighted by molar-refractivity contribution is 7.89. The lowest BCUT2D eigenvalue weighted by Crippen LogP contribution is -2.29. The number of nitrogens with zero attached hydrogens (tertiary/aromatic N) is 4. The highest BCUT2D eigenvalue weighted by atomic mass is 32.2. The fourth-order valence-corrected chi connectivity index (χ4v) is 5.80. The fraction of sp³-hybridized carbons (Fsp3) is 0.409. The molecule has 2 aromatic heterocycles. The number of rotatable bonds is 7. The highest BCUT2D eigenvalue weighted by Crippen LogP contribution is 2.35. The zero-order chi connectivity index (χ0) is 23.0. The molecule has 0 bridgehead atoms. The molecule has 10 heteroatoms. The summed E-state index contributed by atoms with van der Waals surface area (Å²) in [7, 11) is -3.74. The Morgan fingerprint density at radius 1 is 1.25 bits per heavy atom. The first kappa shape index (κ1) is 22.2. The lowest BCUT2D eigenvalue weighted by atomic mass is 10.1. The number of pyridine rings is 1. The molecule has 170 valence electrons. The summed E-state index contributed by atoms with van der Waals surface area (Å²) in [6.45, 7) is 6.77. The molecule has 0 aliphatic carbocycles. The summed E-state index contributed by atoms with van der Waals surface area (Å²) in [5, 5.41) is 14.8. The van der Waals surface area contributed by atoms with E-state index in [4.69, 9.17) is 4.74 Å². The number of carboxylic acids is 1. The summed E-state index contributed by atoms with van der Waals surface area (Å²) in [5.41, 5.74) is 2.26. The van der Waals surface area contributed by atoms with E-state index in [1.807, 2.05) is 39.0 Å². The van der Waals surface area contributed by atoms with Crippen molar-refractivity contribution in [3.8, 4) is 5.88 Å². The van der Waals surface area contributed by atoms with Crippen LogP contribution in [0.3, 0.4) is 0 Å². The van der Waals surface area contributed by atoms with E-state index in [-0.39, 0.29) is 29.8 Å². The number of carboxylic acid groups (broad SMARTS) is 1. The van der Waals surface area contributed by atoms with Gasteiger partial charge in [-0.2, -0.15) is 9.40 Å². The van der Waals surface area contributed by atoms with Gasteiger partial charge in [-0.05, 0) is 37.5 Å². The summed E-state index contributed by atoms with van der Waals surface area (Å²) in [5.74, 6) is -0.586. The van der Waals surface area contributed by atoms with Gasteiger partial charge in [-0.3, -0.25) is 9.48 Å². The SMILES string of the molecule is CCOc1ccc(S(=O)(=O)N2C[C@@H](C)[C@@H](n3nc(CC(=O)O)c4c(C)cccc43)C2)cn1. The van der Waals surface area contributed by atoms with Crippen LogP contribution in [0.2, 0.25) is 0 Å². The highest BCUT2D eigenvalue weighted by Gasteiger charge is 2.39. The van der Waals surface area contributed by atoms with Gasteiger partial charge in [-0.15, -0.1) is 0 Å². The number of fused-ring (bicyclic) bond motifs is 1. The van der Waals surface area contributed by atoms with Crippen LogP contribution in [-0.4, -0.2) is 58.3 Å². The van der Waals surface area contributed by atoms with Crippen LogP contribution in [-0.2, 0) is 21.2 Å². The molecule has 0 saturated carbocycles. The molecule has 1 saturated heterocycles. The first-order valence-corrected chi connectivity index (χ1v) is 11.9. The second kappa shape index (κ2) is 8.51. The topological polar surface area (TPSA) is 115 Å². The maximum atomic E-state index is 13.2. The number of sulfonamides is 1. The Morgan fingerprint density at radius 2 is 2.03 bits per heavy atom. The second-order valence-corrected chi connectivity index (χ2v) is 10.0. The number of aromatic nitrogens is 3. The number of benzene rings is 1. The Bertz CT molecular complexity index is 1250. The van der Waals surface area contributed by atoms with Gasteiger partial charge in [-0.25, -0.2) is 13.4 Å². The van der Waals surface area contributed by atoms with Crippen molar-refractivity contribution in [1.29, 1.82) is 0 Å². The van der Waals surface area contributed by atoms with Crippen LogP contribution >= 0.6 is 0 Å². The van der Waals surface area contributed by atoms with Crippen molar-refractivity contribution in [3.05, 3.63) is 47.8 Å². The van der Waals surface area contributed by atoms with Crippen LogP contribution in [0.4, 0.5) is 0 Å². The minimum Gasteiger partial charge on any atom is -0.481 e. The van der Waals surface area contributed by atoms with E-state index < -0.39 is 16.0 Å². The molecule has 1 aliphatic rings. The third kappa shape index (κ3) is 3.95. The molecule has 0 unspecified atom stereocenters. The summed E-state index contributed by atoms with van der Waals surface area (Å²) >= 11 is 0. The number of aliphatic carboxylic acids is 1. The van der Waals surface area contributed by atoms with Gasteiger partial charge in [0.2, 0.25) is 15.9 Å². The van der Waals surface area contributed by atoms with Crippen molar-refractivity contribution in [2.75, 3.05) is 19.7 Å². The number of hydrogen-bond acceptors (Lipinski definition) is 6. The first-order chi connectivity index (χ1) is 15.2. The molecule has 0 amide bonds. The molecule has 2 atom stereocenters. The first-order valence-electron chi connectivity index (χ1n) is 10.5. The van der Waals surface area contributed by atoms with E-state index in [1.54, 1.807) is 10.7 Å². The normalized spacial score (nSPS) is 19.5. The van der Waals surface area contributed by atoms with Gasteiger partial charge in [0.25, 0.3) is 0 Å². The number of hydrogen-bond donors (Lipinski definition) is 1. The molecule has 3 heterocycles. The minimum atomic E-state index is -3.74. The fourth-order valence-electron chi connectivity index (χ4n) is 4.29. The summed E-state index contributed by atoms with van der Waals surface area (Å²) in [6.07, 6.45) is 1.13. The molecule has 1 fully saturated rings. The van der Waals surface area contributed by atoms with Gasteiger partial charge >= 0.3 is 5.97 Å². The molecule has 1 aromatic carbocycles. The molecule has 0 spiro atoms. The number of ether oxygens (including phenoxy) is 1. The van der Waals surface area contributed by atoms with Crippen molar-refractivity contribution < 1.29 is 23.1 Å². The van der Waals surface area contributed by atoms with Crippen LogP contribution in [0.15, 0.2) is 41.4 Å². The van der Waals surface area contributed by atoms with Gasteiger partial charge < -0.3 is 9.84 Å². The van der Waals surface area contributed by atoms with Crippen LogP contribution < -0.4 is 4.74 Å². The van der Waals surface area contributed by atoms with Crippen molar-refractivity contribution in [2.45, 2.75) is 38.1 Å². The van der Waals surface area contributed by atoms with Gasteiger partial charge in [0.15, 0.2) is 0 Å². The van der Waals surface area contributed by atoms with Crippen molar-refractivity contribution in [1.82, 2.24) is 19.1 Å². The quantitative estimate of drug-likeness (QED) is 0.579. The third-order valence-corrected chi connectivity index (χ3v) is 7.64. The lowest BCUT2D eigenvalue weighted by molar-refractivity contribution is -0.136. The zero-order valence-corrected chi connectivity index (χ0v) is 19.0. The molecule has 1 N–H and O–H groups in total. The van der Waals surface area contributed by atoms with E-state index in [1.165, 1.54) is 16.6 Å². The molecule has 3 aromatic rings. The van der Waals surface area contributed by atoms with Crippen molar-refractivity contribution >= 4 is 26.9 Å². The van der Waals surface area contributed by atoms with Crippen molar-refractivity contribution in [3.63, 3.8) is 0 Å². The Hall–Kier alpha value is -2.98. The van der Waals surface area contributed by atoms with E-state index in [0.29, 0.717) is 24.7 Å². The van der Waals surface area contributed by atoms with Crippen LogP contribution in [0.5, 0.6) is 5.88 Å². The average molecular weight is 459 g/mol. The summed E-state index contributed by atoms with van der Waals surface area (Å²) in [6, 6.07) is 8.57. The smallest absolute Gasteiger partial charge is 0.309 e. The average Bonchev–Trinajstić information content (AvgIpc) is 3.30. The summed E-state index contributed by atoms with van der Waals surface area (Å²) in [4.78, 5) is 15.6. The van der Waals surface area contributed by atoms with E-state index >= 15 is 0 Å². The van der Waals surface area contributed by atoms with Crippen LogP contribution in [0.1, 0.15) is 31.1 Å². The maximum absolute atomic E-state index is 13.2. The van der Waals surface area contributed by atoms with Gasteiger partial charge in [0.1, 0.15) is 4.90 Å². The number of carbonyl (C=O) groups is 1. The standard InChI is InChI=1S/C22H26N4O5S/c1-4-31-20-9-8-16(11-23-20)32(29,30)25-12-15(3)19(13-25)26-18-7-5-6-14(2)22(18)17(24-26)10-21(27)28/h5-9,11,15,19H,4,10,12-13H2,1-3H3,(H,27,28)/t15-,19+/m1/s1. The van der Waals surface area contributed by atoms with Crippen molar-refractivity contribution in [2.24, 2.45) is 5.92 Å². The van der Waals surface area contributed by atoms with E-state index in [0.717, 1.165) is 16.5 Å². The molecule has 0 radical (unpaired) electrons. The molecule has 32 heavy (non-hydrogen) atoms. The summed E-state index contributed by atoms with van der Waals surface area (Å²) < 4.78 is 35.0. The van der Waals surface area contributed by atoms with E-state index in [2.05, 4.69) is 10.1 Å². The Morgan fingerprint density at radius 3 is 2.69 bits per heavy atom. The predicted molar refractivity (Wildman–Crippen MR) is 118 cm³/mol. The zero-order valence-electron chi connectivity index (χ0n) is 18.2. The lowest BCUT2D eigenvalue weighted by Gasteiger charge is -2.17. The number of aryl methyl sites for hydroxylation is 1. The van der Waals surface area contributed by atoms with Crippen LogP contribution in [0.25, 0.3) is 10.9 Å². The van der Waals surface area contributed by atoms with E-state index in [9.17, 15) is 18.3 Å². The Labute approximate surface area is 186 Å². The van der Waals surface area contributed by atoms with Gasteiger partial charge in [0, 0.05) is 24.5 Å². The maximum Gasteiger partial charge on any atom is 0.309 e. The van der Waals surface area contributed by atoms with Crippen LogP contribution in [0, 0.1) is 12.8 Å². The molecule has 4 rings (SSSR count). The van der Waals surface area contributed by atoms with Gasteiger partial charge in [-0.1, -0.05) is 19.1 Å².